The Morgan fingerprint density at radius 1 is 1.20 bits per heavy atom. The van der Waals surface area contributed by atoms with E-state index >= 15 is 0 Å². The van der Waals surface area contributed by atoms with Crippen molar-refractivity contribution in [3.05, 3.63) is 23.8 Å². The van der Waals surface area contributed by atoms with Gasteiger partial charge >= 0.3 is 6.03 Å². The lowest BCUT2D eigenvalue weighted by molar-refractivity contribution is -0.129. The minimum atomic E-state index is -0.761. The van der Waals surface area contributed by atoms with E-state index in [2.05, 4.69) is 5.32 Å². The number of hydrogen-bond donors (Lipinski definition) is 2. The highest BCUT2D eigenvalue weighted by molar-refractivity contribution is 5.75. The van der Waals surface area contributed by atoms with Crippen LogP contribution in [0.1, 0.15) is 12.5 Å². The Bertz CT molecular complexity index is 622. The van der Waals surface area contributed by atoms with Gasteiger partial charge in [0.1, 0.15) is 0 Å². The summed E-state index contributed by atoms with van der Waals surface area (Å²) in [5, 5.41) is 12.8. The molecule has 1 aliphatic rings. The van der Waals surface area contributed by atoms with Crippen LogP contribution in [0.3, 0.4) is 0 Å². The topological polar surface area (TPSA) is 91.3 Å². The number of nitrogens with one attached hydrogen (secondary N) is 1. The Labute approximate surface area is 147 Å². The molecule has 25 heavy (non-hydrogen) atoms. The molecule has 1 aromatic rings. The van der Waals surface area contributed by atoms with Crippen molar-refractivity contribution >= 4 is 11.9 Å². The number of β-amino-alcohol motifs (C(OH)–C–C–N with tert-alkyl or cyclic N) is 1. The third-order valence-electron chi connectivity index (χ3n) is 4.15. The fraction of sp³-hybridized carbons (Fsp3) is 0.529. The van der Waals surface area contributed by atoms with Gasteiger partial charge < -0.3 is 29.7 Å². The van der Waals surface area contributed by atoms with Crippen LogP contribution in [-0.4, -0.2) is 73.3 Å². The fourth-order valence-corrected chi connectivity index (χ4v) is 2.84. The van der Waals surface area contributed by atoms with E-state index in [1.54, 1.807) is 25.2 Å². The lowest BCUT2D eigenvalue weighted by atomic mass is 10.2. The summed E-state index contributed by atoms with van der Waals surface area (Å²) in [7, 11) is 3.10. The van der Waals surface area contributed by atoms with E-state index in [4.69, 9.17) is 9.47 Å². The van der Waals surface area contributed by atoms with Gasteiger partial charge in [-0.25, -0.2) is 4.79 Å². The smallest absolute Gasteiger partial charge is 0.317 e. The zero-order valence-corrected chi connectivity index (χ0v) is 14.8. The van der Waals surface area contributed by atoms with Crippen LogP contribution >= 0.6 is 0 Å². The molecule has 0 spiro atoms. The average Bonchev–Trinajstić information content (AvgIpc) is 2.80. The van der Waals surface area contributed by atoms with E-state index in [0.29, 0.717) is 24.6 Å². The second kappa shape index (κ2) is 8.57. The molecule has 0 bridgehead atoms. The number of rotatable bonds is 4. The molecule has 138 valence electrons. The first-order chi connectivity index (χ1) is 12.0. The molecule has 8 nitrogen and oxygen atoms in total. The van der Waals surface area contributed by atoms with E-state index in [-0.39, 0.29) is 31.6 Å². The number of aliphatic hydroxyl groups is 1. The SMILES string of the molecule is COc1cccc(CNC(=O)N2CCN(C(C)=O)C[C@H](O)C2)c1OC. The van der Waals surface area contributed by atoms with Crippen molar-refractivity contribution in [2.75, 3.05) is 40.4 Å². The van der Waals surface area contributed by atoms with Crippen LogP contribution in [0.5, 0.6) is 11.5 Å². The predicted molar refractivity (Wildman–Crippen MR) is 91.6 cm³/mol. The highest BCUT2D eigenvalue weighted by atomic mass is 16.5. The number of carbonyl (C=O) groups excluding carboxylic acids is 2. The van der Waals surface area contributed by atoms with Crippen LogP contribution in [-0.2, 0) is 11.3 Å². The Balaban J connectivity index is 1.99. The third kappa shape index (κ3) is 4.76. The first-order valence-corrected chi connectivity index (χ1v) is 8.12. The van der Waals surface area contributed by atoms with Gasteiger partial charge in [-0.3, -0.25) is 4.79 Å². The predicted octanol–water partition coefficient (Wildman–Crippen LogP) is 0.438. The Morgan fingerprint density at radius 3 is 2.52 bits per heavy atom. The number of methoxy groups -OCH3 is 2. The maximum absolute atomic E-state index is 12.4. The molecule has 8 heteroatoms. The zero-order valence-electron chi connectivity index (χ0n) is 14.8. The highest BCUT2D eigenvalue weighted by Crippen LogP contribution is 2.30. The summed E-state index contributed by atoms with van der Waals surface area (Å²) in [6, 6.07) is 5.15. The van der Waals surface area contributed by atoms with Crippen LogP contribution in [0.25, 0.3) is 0 Å². The van der Waals surface area contributed by atoms with Gasteiger partial charge in [0.25, 0.3) is 0 Å². The number of benzene rings is 1. The molecule has 1 atom stereocenters. The quantitative estimate of drug-likeness (QED) is 0.821. The van der Waals surface area contributed by atoms with Gasteiger partial charge in [0.2, 0.25) is 5.91 Å². The maximum atomic E-state index is 12.4. The van der Waals surface area contributed by atoms with Crippen LogP contribution in [0, 0.1) is 0 Å². The van der Waals surface area contributed by atoms with Crippen molar-refractivity contribution in [1.29, 1.82) is 0 Å². The van der Waals surface area contributed by atoms with Gasteiger partial charge in [0, 0.05) is 38.7 Å². The summed E-state index contributed by atoms with van der Waals surface area (Å²) >= 11 is 0. The molecule has 0 radical (unpaired) electrons. The molecule has 2 rings (SSSR count). The monoisotopic (exact) mass is 351 g/mol. The summed E-state index contributed by atoms with van der Waals surface area (Å²) in [5.41, 5.74) is 0.788. The lowest BCUT2D eigenvalue weighted by Crippen LogP contribution is -2.43. The van der Waals surface area contributed by atoms with Gasteiger partial charge in [-0.2, -0.15) is 0 Å². The number of para-hydroxylation sites is 1. The van der Waals surface area contributed by atoms with Gasteiger partial charge in [-0.15, -0.1) is 0 Å². The van der Waals surface area contributed by atoms with Gasteiger partial charge in [-0.05, 0) is 6.07 Å². The van der Waals surface area contributed by atoms with Crippen LogP contribution in [0.4, 0.5) is 4.79 Å². The first kappa shape index (κ1) is 18.9. The minimum absolute atomic E-state index is 0.109. The number of amides is 3. The van der Waals surface area contributed by atoms with E-state index in [1.165, 1.54) is 11.8 Å². The van der Waals surface area contributed by atoms with Crippen LogP contribution in [0.2, 0.25) is 0 Å². The number of ether oxygens (including phenoxy) is 2. The molecule has 1 fully saturated rings. The molecule has 0 unspecified atom stereocenters. The minimum Gasteiger partial charge on any atom is -0.493 e. The molecule has 1 heterocycles. The Hall–Kier alpha value is -2.48. The molecular formula is C17H25N3O5. The van der Waals surface area contributed by atoms with Crippen molar-refractivity contribution in [3.63, 3.8) is 0 Å². The highest BCUT2D eigenvalue weighted by Gasteiger charge is 2.25. The normalized spacial score (nSPS) is 17.7. The van der Waals surface area contributed by atoms with Crippen molar-refractivity contribution in [2.45, 2.75) is 19.6 Å². The average molecular weight is 351 g/mol. The lowest BCUT2D eigenvalue weighted by Gasteiger charge is -2.22. The maximum Gasteiger partial charge on any atom is 0.317 e. The largest absolute Gasteiger partial charge is 0.493 e. The molecule has 1 aliphatic heterocycles. The second-order valence-electron chi connectivity index (χ2n) is 5.88. The molecule has 3 amide bonds. The summed E-state index contributed by atoms with van der Waals surface area (Å²) in [6.07, 6.45) is -0.761. The van der Waals surface area contributed by atoms with E-state index < -0.39 is 6.10 Å². The molecule has 0 saturated carbocycles. The van der Waals surface area contributed by atoms with Gasteiger partial charge in [0.05, 0.1) is 26.9 Å². The molecular weight excluding hydrogens is 326 g/mol. The number of urea groups is 1. The first-order valence-electron chi connectivity index (χ1n) is 8.12. The molecule has 0 aromatic heterocycles. The van der Waals surface area contributed by atoms with Crippen LogP contribution in [0.15, 0.2) is 18.2 Å². The van der Waals surface area contributed by atoms with E-state index in [1.807, 2.05) is 12.1 Å². The van der Waals surface area contributed by atoms with Gasteiger partial charge in [-0.1, -0.05) is 12.1 Å². The Kier molecular flexibility index (Phi) is 6.46. The Morgan fingerprint density at radius 2 is 1.88 bits per heavy atom. The standard InChI is InChI=1S/C17H25N3O5/c1-12(21)19-7-8-20(11-14(22)10-19)17(23)18-9-13-5-4-6-15(24-2)16(13)25-3/h4-6,14,22H,7-11H2,1-3H3,(H,18,23)/t14-/m0/s1. The number of carbonyl (C=O) groups is 2. The summed E-state index contributed by atoms with van der Waals surface area (Å²) in [6.45, 7) is 2.92. The van der Waals surface area contributed by atoms with Crippen molar-refractivity contribution in [1.82, 2.24) is 15.1 Å². The molecule has 2 N–H and O–H groups in total. The van der Waals surface area contributed by atoms with E-state index in [0.717, 1.165) is 5.56 Å². The number of aliphatic hydroxyl groups excluding tert-OH is 1. The second-order valence-corrected chi connectivity index (χ2v) is 5.88. The van der Waals surface area contributed by atoms with E-state index in [9.17, 15) is 14.7 Å². The third-order valence-corrected chi connectivity index (χ3v) is 4.15. The summed E-state index contributed by atoms with van der Waals surface area (Å²) in [4.78, 5) is 27.0. The molecule has 1 saturated heterocycles. The molecule has 1 aromatic carbocycles. The van der Waals surface area contributed by atoms with Crippen molar-refractivity contribution < 1.29 is 24.2 Å². The summed E-state index contributed by atoms with van der Waals surface area (Å²) < 4.78 is 10.6. The summed E-state index contributed by atoms with van der Waals surface area (Å²) in [5.74, 6) is 1.06. The zero-order chi connectivity index (χ0) is 18.4. The van der Waals surface area contributed by atoms with Crippen molar-refractivity contribution in [3.8, 4) is 11.5 Å². The van der Waals surface area contributed by atoms with Crippen LogP contribution < -0.4 is 14.8 Å². The van der Waals surface area contributed by atoms with Crippen molar-refractivity contribution in [2.24, 2.45) is 0 Å². The number of nitrogens with zero attached hydrogens (tertiary/aromatic N) is 2. The molecule has 0 aliphatic carbocycles. The fourth-order valence-electron chi connectivity index (χ4n) is 2.84. The van der Waals surface area contributed by atoms with Gasteiger partial charge in [0.15, 0.2) is 11.5 Å². The number of hydrogen-bond acceptors (Lipinski definition) is 5.